The second-order valence-corrected chi connectivity index (χ2v) is 22.9. The molecule has 15 heteroatoms. The maximum absolute atomic E-state index is 13.5. The normalized spacial score (nSPS) is 19.7. The average Bonchev–Trinajstić information content (AvgIpc) is 3.34. The second kappa shape index (κ2) is 20.7. The number of hydrogen-bond acceptors (Lipinski definition) is 13. The van der Waals surface area contributed by atoms with Crippen molar-refractivity contribution in [3.8, 4) is 5.75 Å². The molecule has 4 saturated heterocycles. The van der Waals surface area contributed by atoms with Crippen molar-refractivity contribution in [2.75, 3.05) is 113 Å². The smallest absolute Gasteiger partial charge is 0.229 e. The van der Waals surface area contributed by atoms with Gasteiger partial charge in [0.05, 0.1) is 33.8 Å². The number of nitrogens with zero attached hydrogens (tertiary/aromatic N) is 8. The minimum Gasteiger partial charge on any atom is -0.494 e. The molecule has 1 atom stereocenters. The van der Waals surface area contributed by atoms with Crippen molar-refractivity contribution >= 4 is 73.9 Å². The number of fused-ring (bicyclic) bond motifs is 1. The van der Waals surface area contributed by atoms with Gasteiger partial charge >= 0.3 is 0 Å². The Balaban J connectivity index is 0.752. The summed E-state index contributed by atoms with van der Waals surface area (Å²) in [6, 6.07) is 18.3. The molecular formula is C50H67BrN11O2P. The topological polar surface area (TPSA) is 127 Å². The lowest BCUT2D eigenvalue weighted by atomic mass is 9.91. The van der Waals surface area contributed by atoms with E-state index in [-0.39, 0.29) is 0 Å². The van der Waals surface area contributed by atoms with Crippen LogP contribution >= 0.6 is 23.1 Å². The van der Waals surface area contributed by atoms with Crippen LogP contribution in [0.25, 0.3) is 11.0 Å². The predicted molar refractivity (Wildman–Crippen MR) is 271 cm³/mol. The van der Waals surface area contributed by atoms with Gasteiger partial charge in [0.15, 0.2) is 0 Å². The Labute approximate surface area is 394 Å². The maximum Gasteiger partial charge on any atom is 0.229 e. The molecule has 0 amide bonds. The van der Waals surface area contributed by atoms with E-state index in [1.165, 1.54) is 120 Å². The molecule has 1 unspecified atom stereocenters. The van der Waals surface area contributed by atoms with Gasteiger partial charge in [0.2, 0.25) is 5.95 Å². The largest absolute Gasteiger partial charge is 0.494 e. The highest BCUT2D eigenvalue weighted by Crippen LogP contribution is 2.42. The van der Waals surface area contributed by atoms with Crippen LogP contribution in [-0.4, -0.2) is 128 Å². The second-order valence-electron chi connectivity index (χ2n) is 18.9. The molecule has 0 radical (unpaired) electrons. The van der Waals surface area contributed by atoms with E-state index in [0.29, 0.717) is 50.2 Å². The molecule has 9 rings (SSSR count). The molecule has 0 bridgehead atoms. The Kier molecular flexibility index (Phi) is 14.6. The van der Waals surface area contributed by atoms with Gasteiger partial charge in [-0.1, -0.05) is 19.1 Å². The van der Waals surface area contributed by atoms with Gasteiger partial charge in [-0.05, 0) is 147 Å². The Morgan fingerprint density at radius 1 is 0.846 bits per heavy atom. The lowest BCUT2D eigenvalue weighted by Gasteiger charge is -2.44. The van der Waals surface area contributed by atoms with Crippen LogP contribution in [0.4, 0.5) is 34.5 Å². The van der Waals surface area contributed by atoms with E-state index in [1.807, 2.05) is 12.1 Å². The fourth-order valence-electron chi connectivity index (χ4n) is 10.7. The molecule has 65 heavy (non-hydrogen) atoms. The lowest BCUT2D eigenvalue weighted by molar-refractivity contribution is 0.0809. The standard InChI is InChI=1S/C50H67BrN11O2P/c1-5-36-31-44(57-50-55-34-41(51)49(58-50)56-43-13-12-42-47(54-21-20-53-42)48(43)65(3,4)63)46(64-2)32-45(36)62-25-17-40(18-26-62)61-29-27-59(28-30-61)22-14-35-15-23-60(24-16-35)39-10-8-37(9-11-39)38-7-6-19-52-33-38/h8-13,20-21,31-32,34-35,38,40,52H,5-7,14-19,22-30,33H2,1-4H3,(H2,55,56,57,58). The molecule has 4 aliphatic rings. The number of methoxy groups -OCH3 is 1. The number of hydrogen-bond donors (Lipinski definition) is 3. The van der Waals surface area contributed by atoms with Gasteiger partial charge in [0, 0.05) is 101 Å². The predicted octanol–water partition coefficient (Wildman–Crippen LogP) is 8.85. The zero-order valence-corrected chi connectivity index (χ0v) is 41.2. The minimum atomic E-state index is -2.75. The number of nitrogens with one attached hydrogen (secondary N) is 3. The summed E-state index contributed by atoms with van der Waals surface area (Å²) in [7, 11) is -1.04. The Morgan fingerprint density at radius 3 is 2.31 bits per heavy atom. The number of aromatic nitrogens is 4. The summed E-state index contributed by atoms with van der Waals surface area (Å²) in [6.07, 6.45) is 14.8. The number of piperidine rings is 3. The van der Waals surface area contributed by atoms with Crippen LogP contribution in [0.15, 0.2) is 71.6 Å². The van der Waals surface area contributed by atoms with Gasteiger partial charge < -0.3 is 40.0 Å². The first kappa shape index (κ1) is 45.8. The molecule has 0 aliphatic carbocycles. The van der Waals surface area contributed by atoms with E-state index < -0.39 is 7.14 Å². The van der Waals surface area contributed by atoms with Crippen molar-refractivity contribution in [3.05, 3.63) is 82.7 Å². The van der Waals surface area contributed by atoms with Crippen LogP contribution in [0.3, 0.4) is 0 Å². The first-order valence-electron chi connectivity index (χ1n) is 24.0. The highest BCUT2D eigenvalue weighted by atomic mass is 79.9. The van der Waals surface area contributed by atoms with E-state index in [2.05, 4.69) is 110 Å². The highest BCUT2D eigenvalue weighted by molar-refractivity contribution is 9.10. The molecule has 2 aromatic heterocycles. The summed E-state index contributed by atoms with van der Waals surface area (Å²) < 4.78 is 20.2. The van der Waals surface area contributed by atoms with Crippen LogP contribution in [0.5, 0.6) is 5.75 Å². The van der Waals surface area contributed by atoms with Gasteiger partial charge in [-0.15, -0.1) is 0 Å². The fourth-order valence-corrected chi connectivity index (χ4v) is 12.3. The lowest BCUT2D eigenvalue weighted by Crippen LogP contribution is -2.53. The van der Waals surface area contributed by atoms with Crippen LogP contribution in [-0.2, 0) is 11.0 Å². The SMILES string of the molecule is CCc1cc(Nc2ncc(Br)c(Nc3ccc4nccnc4c3P(C)(C)=O)n2)c(OC)cc1N1CCC(N2CCN(CCC3CCN(c4ccc(C5CCCNC5)cc4)CC3)CC2)CC1. The number of piperazine rings is 1. The molecule has 0 saturated carbocycles. The van der Waals surface area contributed by atoms with Crippen LogP contribution in [0, 0.1) is 5.92 Å². The summed E-state index contributed by atoms with van der Waals surface area (Å²) in [5.41, 5.74) is 8.19. The van der Waals surface area contributed by atoms with Gasteiger partial charge in [-0.3, -0.25) is 14.9 Å². The zero-order chi connectivity index (χ0) is 44.9. The summed E-state index contributed by atoms with van der Waals surface area (Å²) in [4.78, 5) is 29.1. The molecule has 0 spiro atoms. The molecule has 6 heterocycles. The summed E-state index contributed by atoms with van der Waals surface area (Å²) >= 11 is 3.62. The van der Waals surface area contributed by atoms with Gasteiger partial charge in [-0.2, -0.15) is 4.98 Å². The van der Waals surface area contributed by atoms with Crippen molar-refractivity contribution in [1.29, 1.82) is 0 Å². The number of aryl methyl sites for hydroxylation is 1. The highest BCUT2D eigenvalue weighted by Gasteiger charge is 2.30. The first-order valence-corrected chi connectivity index (χ1v) is 27.4. The quantitative estimate of drug-likeness (QED) is 0.0919. The van der Waals surface area contributed by atoms with Crippen molar-refractivity contribution in [2.24, 2.45) is 5.92 Å². The van der Waals surface area contributed by atoms with Gasteiger partial charge in [0.1, 0.15) is 24.2 Å². The monoisotopic (exact) mass is 963 g/mol. The summed E-state index contributed by atoms with van der Waals surface area (Å²) in [5.74, 6) is 3.21. The van der Waals surface area contributed by atoms with E-state index in [0.717, 1.165) is 43.4 Å². The van der Waals surface area contributed by atoms with Gasteiger partial charge in [-0.25, -0.2) is 4.98 Å². The van der Waals surface area contributed by atoms with Crippen LogP contribution in [0.2, 0.25) is 0 Å². The molecular weight excluding hydrogens is 898 g/mol. The Bertz CT molecular complexity index is 2440. The first-order chi connectivity index (χ1) is 31.6. The number of benzene rings is 3. The third-order valence-corrected chi connectivity index (χ3v) is 16.5. The van der Waals surface area contributed by atoms with Crippen molar-refractivity contribution < 1.29 is 9.30 Å². The van der Waals surface area contributed by atoms with E-state index in [1.54, 1.807) is 39.0 Å². The molecule has 4 aliphatic heterocycles. The van der Waals surface area contributed by atoms with E-state index >= 15 is 0 Å². The molecule has 5 aromatic rings. The fraction of sp³-hybridized carbons (Fsp3) is 0.520. The molecule has 3 aromatic carbocycles. The number of rotatable bonds is 14. The van der Waals surface area contributed by atoms with Crippen molar-refractivity contribution in [2.45, 2.75) is 70.3 Å². The van der Waals surface area contributed by atoms with E-state index in [9.17, 15) is 4.57 Å². The number of halogens is 1. The summed E-state index contributed by atoms with van der Waals surface area (Å²) in [5, 5.41) is 11.0. The maximum atomic E-state index is 13.5. The zero-order valence-electron chi connectivity index (χ0n) is 38.7. The molecule has 346 valence electrons. The molecule has 3 N–H and O–H groups in total. The Hall–Kier alpha value is -4.33. The summed E-state index contributed by atoms with van der Waals surface area (Å²) in [6.45, 7) is 18.4. The third-order valence-electron chi connectivity index (χ3n) is 14.4. The van der Waals surface area contributed by atoms with E-state index in [4.69, 9.17) is 9.72 Å². The Morgan fingerprint density at radius 2 is 1.60 bits per heavy atom. The van der Waals surface area contributed by atoms with Crippen LogP contribution < -0.4 is 35.8 Å². The third kappa shape index (κ3) is 10.8. The molecule has 4 fully saturated rings. The van der Waals surface area contributed by atoms with Gasteiger partial charge in [0.25, 0.3) is 0 Å². The average molecular weight is 965 g/mol. The molecule has 13 nitrogen and oxygen atoms in total. The van der Waals surface area contributed by atoms with Crippen molar-refractivity contribution in [3.63, 3.8) is 0 Å². The number of anilines is 6. The van der Waals surface area contributed by atoms with Crippen LogP contribution in [0.1, 0.15) is 68.9 Å². The van der Waals surface area contributed by atoms with Crippen molar-refractivity contribution in [1.82, 2.24) is 35.1 Å². The minimum absolute atomic E-state index is 0.410. The number of ether oxygens (including phenoxy) is 1.